The zero-order valence-corrected chi connectivity index (χ0v) is 12.3. The average Bonchev–Trinajstić information content (AvgIpc) is 2.81. The van der Waals surface area contributed by atoms with Crippen molar-refractivity contribution in [3.05, 3.63) is 55.2 Å². The van der Waals surface area contributed by atoms with Gasteiger partial charge in [0, 0.05) is 17.3 Å². The minimum Gasteiger partial charge on any atom is -0.321 e. The number of amides is 1. The molecule has 0 bridgehead atoms. The largest absolute Gasteiger partial charge is 0.321 e. The molecule has 1 N–H and O–H groups in total. The second kappa shape index (κ2) is 6.02. The third-order valence-corrected chi connectivity index (χ3v) is 3.95. The zero-order valence-electron chi connectivity index (χ0n) is 10.8. The molecule has 21 heavy (non-hydrogen) atoms. The van der Waals surface area contributed by atoms with Gasteiger partial charge in [-0.15, -0.1) is 11.3 Å². The van der Waals surface area contributed by atoms with E-state index in [2.05, 4.69) is 5.32 Å². The summed E-state index contributed by atoms with van der Waals surface area (Å²) < 4.78 is -0.0531. The molecule has 0 unspecified atom stereocenters. The van der Waals surface area contributed by atoms with Crippen LogP contribution in [0.25, 0.3) is 0 Å². The molecule has 2 aromatic rings. The zero-order chi connectivity index (χ0) is 15.6. The maximum Gasteiger partial charge on any atom is 0.299 e. The summed E-state index contributed by atoms with van der Waals surface area (Å²) in [5, 5.41) is 13.3. The normalized spacial score (nSPS) is 10.2. The van der Waals surface area contributed by atoms with Gasteiger partial charge in [0.25, 0.3) is 11.6 Å². The molecule has 1 heterocycles. The van der Waals surface area contributed by atoms with E-state index in [0.717, 1.165) is 17.4 Å². The second-order valence-electron chi connectivity index (χ2n) is 4.12. The molecular weight excluding hydrogens is 316 g/mol. The summed E-state index contributed by atoms with van der Waals surface area (Å²) in [7, 11) is 0. The Hall–Kier alpha value is -2.25. The van der Waals surface area contributed by atoms with Crippen LogP contribution in [0.2, 0.25) is 4.34 Å². The van der Waals surface area contributed by atoms with Crippen LogP contribution < -0.4 is 5.32 Å². The van der Waals surface area contributed by atoms with Gasteiger partial charge in [-0.25, -0.2) is 0 Å². The van der Waals surface area contributed by atoms with Crippen LogP contribution in [0.5, 0.6) is 0 Å². The molecular formula is C13H9ClN2O4S. The molecule has 8 heteroatoms. The third-order valence-electron chi connectivity index (χ3n) is 2.62. The van der Waals surface area contributed by atoms with Gasteiger partial charge in [0.05, 0.1) is 4.92 Å². The van der Waals surface area contributed by atoms with Gasteiger partial charge >= 0.3 is 0 Å². The van der Waals surface area contributed by atoms with E-state index in [1.54, 1.807) is 18.2 Å². The Morgan fingerprint density at radius 3 is 2.62 bits per heavy atom. The number of anilines is 1. The number of carbonyl (C=O) groups is 2. The summed E-state index contributed by atoms with van der Waals surface area (Å²) in [4.78, 5) is 33.5. The highest BCUT2D eigenvalue weighted by molar-refractivity contribution is 7.18. The van der Waals surface area contributed by atoms with Gasteiger partial charge in [-0.05, 0) is 19.1 Å². The number of ketones is 1. The molecule has 2 rings (SSSR count). The first-order valence-corrected chi connectivity index (χ1v) is 6.94. The molecule has 1 aromatic carbocycles. The maximum absolute atomic E-state index is 12.0. The summed E-state index contributed by atoms with van der Waals surface area (Å²) in [6.45, 7) is 1.42. The predicted octanol–water partition coefficient (Wildman–Crippen LogP) is 3.76. The second-order valence-corrected chi connectivity index (χ2v) is 5.77. The number of nitro groups is 1. The summed E-state index contributed by atoms with van der Waals surface area (Å²) >= 11 is 6.53. The van der Waals surface area contributed by atoms with Crippen LogP contribution in [0.3, 0.4) is 0 Å². The number of hydrogen-bond acceptors (Lipinski definition) is 5. The lowest BCUT2D eigenvalue weighted by Gasteiger charge is -2.04. The van der Waals surface area contributed by atoms with Crippen molar-refractivity contribution < 1.29 is 14.5 Å². The fraction of sp³-hybridized carbons (Fsp3) is 0.0769. The molecule has 0 atom stereocenters. The van der Waals surface area contributed by atoms with E-state index in [-0.39, 0.29) is 20.7 Å². The van der Waals surface area contributed by atoms with Gasteiger partial charge in [0.15, 0.2) is 10.1 Å². The fourth-order valence-electron chi connectivity index (χ4n) is 1.60. The van der Waals surface area contributed by atoms with Crippen LogP contribution in [0, 0.1) is 10.1 Å². The van der Waals surface area contributed by atoms with E-state index in [9.17, 15) is 19.7 Å². The summed E-state index contributed by atoms with van der Waals surface area (Å²) in [6, 6.07) is 7.54. The van der Waals surface area contributed by atoms with E-state index in [1.807, 2.05) is 0 Å². The quantitative estimate of drug-likeness (QED) is 0.526. The van der Waals surface area contributed by atoms with Crippen molar-refractivity contribution in [3.8, 4) is 0 Å². The van der Waals surface area contributed by atoms with E-state index in [1.165, 1.54) is 13.0 Å². The van der Waals surface area contributed by atoms with Gasteiger partial charge < -0.3 is 5.32 Å². The molecule has 108 valence electrons. The Morgan fingerprint density at radius 1 is 1.33 bits per heavy atom. The van der Waals surface area contributed by atoms with Gasteiger partial charge in [0.2, 0.25) is 0 Å². The van der Waals surface area contributed by atoms with E-state index >= 15 is 0 Å². The van der Waals surface area contributed by atoms with Crippen molar-refractivity contribution in [2.75, 3.05) is 5.32 Å². The summed E-state index contributed by atoms with van der Waals surface area (Å²) in [6.07, 6.45) is 0. The Bertz CT molecular complexity index is 742. The number of carbonyl (C=O) groups excluding carboxylic acids is 2. The van der Waals surface area contributed by atoms with E-state index < -0.39 is 10.8 Å². The van der Waals surface area contributed by atoms with Crippen molar-refractivity contribution in [1.82, 2.24) is 0 Å². The first kappa shape index (κ1) is 15.1. The number of thiophene rings is 1. The summed E-state index contributed by atoms with van der Waals surface area (Å²) in [5.41, 5.74) is 0.590. The SMILES string of the molecule is CC(=O)c1cccc(NC(=O)c2cc([N+](=O)[O-])c(Cl)s2)c1. The van der Waals surface area contributed by atoms with Crippen LogP contribution in [0.1, 0.15) is 27.0 Å². The van der Waals surface area contributed by atoms with Gasteiger partial charge in [0.1, 0.15) is 4.88 Å². The third kappa shape index (κ3) is 3.45. The number of Topliss-reactive ketones (excluding diaryl/α,β-unsaturated/α-hetero) is 1. The number of halogens is 1. The lowest BCUT2D eigenvalue weighted by atomic mass is 10.1. The predicted molar refractivity (Wildman–Crippen MR) is 80.4 cm³/mol. The topological polar surface area (TPSA) is 89.3 Å². The summed E-state index contributed by atoms with van der Waals surface area (Å²) in [5.74, 6) is -0.642. The van der Waals surface area contributed by atoms with Crippen LogP contribution in [0.4, 0.5) is 11.4 Å². The molecule has 1 aromatic heterocycles. The van der Waals surface area contributed by atoms with Crippen LogP contribution >= 0.6 is 22.9 Å². The molecule has 0 aliphatic carbocycles. The minimum absolute atomic E-state index is 0.0531. The molecule has 0 aliphatic rings. The smallest absolute Gasteiger partial charge is 0.299 e. The molecule has 0 saturated heterocycles. The molecule has 0 fully saturated rings. The van der Waals surface area contributed by atoms with Crippen LogP contribution in [0.15, 0.2) is 30.3 Å². The van der Waals surface area contributed by atoms with Gasteiger partial charge in [-0.2, -0.15) is 0 Å². The number of rotatable bonds is 4. The minimum atomic E-state index is -0.647. The number of benzene rings is 1. The van der Waals surface area contributed by atoms with Crippen LogP contribution in [-0.4, -0.2) is 16.6 Å². The fourth-order valence-corrected chi connectivity index (χ4v) is 2.72. The lowest BCUT2D eigenvalue weighted by molar-refractivity contribution is -0.384. The molecule has 0 radical (unpaired) electrons. The monoisotopic (exact) mass is 324 g/mol. The maximum atomic E-state index is 12.0. The Balaban J connectivity index is 2.22. The molecule has 6 nitrogen and oxygen atoms in total. The lowest BCUT2D eigenvalue weighted by Crippen LogP contribution is -2.10. The standard InChI is InChI=1S/C13H9ClN2O4S/c1-7(17)8-3-2-4-9(5-8)15-13(18)11-6-10(16(19)20)12(14)21-11/h2-6H,1H3,(H,15,18). The molecule has 0 saturated carbocycles. The molecule has 0 spiro atoms. The van der Waals surface area contributed by atoms with Crippen molar-refractivity contribution in [1.29, 1.82) is 0 Å². The molecule has 0 aliphatic heterocycles. The van der Waals surface area contributed by atoms with Crippen molar-refractivity contribution >= 4 is 46.0 Å². The average molecular weight is 325 g/mol. The van der Waals surface area contributed by atoms with Crippen molar-refractivity contribution in [3.63, 3.8) is 0 Å². The molecule has 1 amide bonds. The van der Waals surface area contributed by atoms with E-state index in [4.69, 9.17) is 11.6 Å². The Labute approximate surface area is 128 Å². The highest BCUT2D eigenvalue weighted by Crippen LogP contribution is 2.34. The van der Waals surface area contributed by atoms with Crippen LogP contribution in [-0.2, 0) is 0 Å². The number of nitrogens with one attached hydrogen (secondary N) is 1. The van der Waals surface area contributed by atoms with E-state index in [0.29, 0.717) is 11.3 Å². The van der Waals surface area contributed by atoms with Gasteiger partial charge in [-0.3, -0.25) is 19.7 Å². The van der Waals surface area contributed by atoms with Gasteiger partial charge in [-0.1, -0.05) is 23.7 Å². The first-order valence-electron chi connectivity index (χ1n) is 5.74. The van der Waals surface area contributed by atoms with Crippen molar-refractivity contribution in [2.24, 2.45) is 0 Å². The first-order chi connectivity index (χ1) is 9.88. The Morgan fingerprint density at radius 2 is 2.05 bits per heavy atom. The number of nitrogens with zero attached hydrogens (tertiary/aromatic N) is 1. The highest BCUT2D eigenvalue weighted by Gasteiger charge is 2.21. The highest BCUT2D eigenvalue weighted by atomic mass is 35.5. The van der Waals surface area contributed by atoms with Crippen molar-refractivity contribution in [2.45, 2.75) is 6.92 Å². The Kier molecular flexibility index (Phi) is 4.35. The number of hydrogen-bond donors (Lipinski definition) is 1.